The molecule has 7 heteroatoms. The summed E-state index contributed by atoms with van der Waals surface area (Å²) in [6.45, 7) is 6.52. The highest BCUT2D eigenvalue weighted by Crippen LogP contribution is 2.28. The van der Waals surface area contributed by atoms with Crippen LogP contribution in [-0.2, 0) is 0 Å². The van der Waals surface area contributed by atoms with Crippen molar-refractivity contribution in [3.8, 4) is 11.1 Å². The number of halogens is 1. The fourth-order valence-corrected chi connectivity index (χ4v) is 3.17. The number of nitrogens with zero attached hydrogens (tertiary/aromatic N) is 4. The van der Waals surface area contributed by atoms with Crippen LogP contribution in [0.25, 0.3) is 11.1 Å². The summed E-state index contributed by atoms with van der Waals surface area (Å²) in [6, 6.07) is 7.68. The number of benzene rings is 1. The van der Waals surface area contributed by atoms with Gasteiger partial charge in [0.2, 0.25) is 5.95 Å². The first kappa shape index (κ1) is 17.9. The molecule has 0 amide bonds. The van der Waals surface area contributed by atoms with Crippen molar-refractivity contribution >= 4 is 23.4 Å². The maximum absolute atomic E-state index is 6.11. The van der Waals surface area contributed by atoms with Gasteiger partial charge in [0.05, 0.1) is 0 Å². The second-order valence-electron chi connectivity index (χ2n) is 6.43. The van der Waals surface area contributed by atoms with Gasteiger partial charge in [-0.1, -0.05) is 23.7 Å². The molecule has 2 heterocycles. The Bertz CT molecular complexity index is 700. The van der Waals surface area contributed by atoms with Gasteiger partial charge >= 0.3 is 0 Å². The maximum Gasteiger partial charge on any atom is 0.221 e. The van der Waals surface area contributed by atoms with E-state index in [9.17, 15) is 0 Å². The summed E-state index contributed by atoms with van der Waals surface area (Å²) < 4.78 is 0. The van der Waals surface area contributed by atoms with Crippen LogP contribution in [0.15, 0.2) is 30.5 Å². The van der Waals surface area contributed by atoms with Gasteiger partial charge in [-0.25, -0.2) is 4.98 Å². The zero-order valence-corrected chi connectivity index (χ0v) is 15.3. The molecule has 1 aliphatic rings. The number of likely N-dealkylation sites (N-methyl/N-ethyl adjacent to an activating group) is 1. The highest BCUT2D eigenvalue weighted by atomic mass is 35.5. The van der Waals surface area contributed by atoms with Gasteiger partial charge in [-0.05, 0) is 37.7 Å². The Hall–Kier alpha value is -1.89. The zero-order chi connectivity index (χ0) is 17.6. The molecule has 0 aliphatic carbocycles. The molecule has 2 aromatic rings. The van der Waals surface area contributed by atoms with Crippen molar-refractivity contribution in [1.29, 1.82) is 0 Å². The molecule has 0 radical (unpaired) electrons. The summed E-state index contributed by atoms with van der Waals surface area (Å²) in [7, 11) is 2.18. The summed E-state index contributed by atoms with van der Waals surface area (Å²) in [4.78, 5) is 13.4. The number of piperazine rings is 1. The first-order valence-corrected chi connectivity index (χ1v) is 9.03. The molecule has 3 N–H and O–H groups in total. The number of rotatable bonds is 6. The maximum atomic E-state index is 6.11. The van der Waals surface area contributed by atoms with E-state index in [1.165, 1.54) is 0 Å². The first-order chi connectivity index (χ1) is 12.1. The average molecular weight is 361 g/mol. The quantitative estimate of drug-likeness (QED) is 0.771. The van der Waals surface area contributed by atoms with Crippen molar-refractivity contribution in [3.05, 3.63) is 35.5 Å². The molecular formula is C18H25ClN6. The Morgan fingerprint density at radius 3 is 2.80 bits per heavy atom. The monoisotopic (exact) mass is 360 g/mol. The van der Waals surface area contributed by atoms with E-state index in [1.54, 1.807) is 6.20 Å². The summed E-state index contributed by atoms with van der Waals surface area (Å²) in [5.41, 5.74) is 7.66. The summed E-state index contributed by atoms with van der Waals surface area (Å²) in [5.74, 6) is 1.03. The van der Waals surface area contributed by atoms with E-state index in [0.717, 1.165) is 62.6 Å². The minimum absolute atomic E-state index is 0.271. The molecule has 1 fully saturated rings. The van der Waals surface area contributed by atoms with Gasteiger partial charge in [0.15, 0.2) is 0 Å². The van der Waals surface area contributed by atoms with Crippen molar-refractivity contribution in [1.82, 2.24) is 19.8 Å². The fourth-order valence-electron chi connectivity index (χ4n) is 2.98. The molecule has 0 spiro atoms. The van der Waals surface area contributed by atoms with E-state index < -0.39 is 0 Å². The van der Waals surface area contributed by atoms with Crippen LogP contribution >= 0.6 is 11.6 Å². The van der Waals surface area contributed by atoms with Crippen molar-refractivity contribution in [2.75, 3.05) is 57.4 Å². The van der Waals surface area contributed by atoms with Gasteiger partial charge in [-0.2, -0.15) is 4.98 Å². The van der Waals surface area contributed by atoms with Gasteiger partial charge in [0, 0.05) is 49.5 Å². The minimum atomic E-state index is 0.271. The molecule has 0 unspecified atom stereocenters. The van der Waals surface area contributed by atoms with Crippen LogP contribution in [0.4, 0.5) is 11.8 Å². The van der Waals surface area contributed by atoms with E-state index in [2.05, 4.69) is 32.1 Å². The standard InChI is InChI=1S/C18H25ClN6/c1-24-8-10-25(11-9-24)7-3-6-21-17-16(13-22-18(20)23-17)14-4-2-5-15(19)12-14/h2,4-5,12-13H,3,6-11H2,1H3,(H3,20,21,22,23). The summed E-state index contributed by atoms with van der Waals surface area (Å²) >= 11 is 6.11. The van der Waals surface area contributed by atoms with Crippen LogP contribution in [0.3, 0.4) is 0 Å². The lowest BCUT2D eigenvalue weighted by molar-refractivity contribution is 0.154. The smallest absolute Gasteiger partial charge is 0.221 e. The zero-order valence-electron chi connectivity index (χ0n) is 14.6. The number of anilines is 2. The molecular weight excluding hydrogens is 336 g/mol. The number of nitrogens with two attached hydrogens (primary N) is 1. The molecule has 0 saturated carbocycles. The number of nitrogens with one attached hydrogen (secondary N) is 1. The lowest BCUT2D eigenvalue weighted by Crippen LogP contribution is -2.44. The molecule has 0 bridgehead atoms. The molecule has 6 nitrogen and oxygen atoms in total. The summed E-state index contributed by atoms with van der Waals surface area (Å²) in [6.07, 6.45) is 2.80. The minimum Gasteiger partial charge on any atom is -0.369 e. The SMILES string of the molecule is CN1CCN(CCCNc2nc(N)ncc2-c2cccc(Cl)c2)CC1. The molecule has 1 aromatic carbocycles. The lowest BCUT2D eigenvalue weighted by atomic mass is 10.1. The highest BCUT2D eigenvalue weighted by molar-refractivity contribution is 6.30. The molecule has 3 rings (SSSR count). The van der Waals surface area contributed by atoms with E-state index in [0.29, 0.717) is 5.02 Å². The number of hydrogen-bond acceptors (Lipinski definition) is 6. The Morgan fingerprint density at radius 1 is 1.24 bits per heavy atom. The Kier molecular flexibility index (Phi) is 6.07. The van der Waals surface area contributed by atoms with Crippen LogP contribution < -0.4 is 11.1 Å². The second kappa shape index (κ2) is 8.47. The van der Waals surface area contributed by atoms with Gasteiger partial charge in [-0.15, -0.1) is 0 Å². The van der Waals surface area contributed by atoms with Gasteiger partial charge in [0.1, 0.15) is 5.82 Å². The van der Waals surface area contributed by atoms with E-state index >= 15 is 0 Å². The highest BCUT2D eigenvalue weighted by Gasteiger charge is 2.13. The van der Waals surface area contributed by atoms with Crippen LogP contribution in [0, 0.1) is 0 Å². The van der Waals surface area contributed by atoms with E-state index in [-0.39, 0.29) is 5.95 Å². The average Bonchev–Trinajstić information content (AvgIpc) is 2.60. The van der Waals surface area contributed by atoms with Crippen LogP contribution in [0.5, 0.6) is 0 Å². The van der Waals surface area contributed by atoms with Gasteiger partial charge < -0.3 is 20.9 Å². The molecule has 25 heavy (non-hydrogen) atoms. The lowest BCUT2D eigenvalue weighted by Gasteiger charge is -2.32. The summed E-state index contributed by atoms with van der Waals surface area (Å²) in [5, 5.41) is 4.10. The predicted molar refractivity (Wildman–Crippen MR) is 104 cm³/mol. The fraction of sp³-hybridized carbons (Fsp3) is 0.444. The van der Waals surface area contributed by atoms with Gasteiger partial charge in [0.25, 0.3) is 0 Å². The van der Waals surface area contributed by atoms with Crippen molar-refractivity contribution < 1.29 is 0 Å². The Balaban J connectivity index is 1.59. The largest absolute Gasteiger partial charge is 0.369 e. The van der Waals surface area contributed by atoms with Crippen molar-refractivity contribution in [2.24, 2.45) is 0 Å². The van der Waals surface area contributed by atoms with Crippen LogP contribution in [0.1, 0.15) is 6.42 Å². The number of hydrogen-bond donors (Lipinski definition) is 2. The molecule has 0 atom stereocenters. The number of aromatic nitrogens is 2. The predicted octanol–water partition coefficient (Wildman–Crippen LogP) is 2.43. The Morgan fingerprint density at radius 2 is 2.04 bits per heavy atom. The number of nitrogen functional groups attached to an aromatic ring is 1. The third-order valence-electron chi connectivity index (χ3n) is 4.48. The van der Waals surface area contributed by atoms with Crippen LogP contribution in [0.2, 0.25) is 5.02 Å². The Labute approximate surface area is 154 Å². The normalized spacial score (nSPS) is 16.1. The van der Waals surface area contributed by atoms with Crippen molar-refractivity contribution in [2.45, 2.75) is 6.42 Å². The molecule has 1 aliphatic heterocycles. The first-order valence-electron chi connectivity index (χ1n) is 8.65. The topological polar surface area (TPSA) is 70.3 Å². The molecule has 1 saturated heterocycles. The van der Waals surface area contributed by atoms with E-state index in [1.807, 2.05) is 24.3 Å². The third-order valence-corrected chi connectivity index (χ3v) is 4.72. The third kappa shape index (κ3) is 5.04. The molecule has 1 aromatic heterocycles. The molecule has 134 valence electrons. The van der Waals surface area contributed by atoms with Crippen LogP contribution in [-0.4, -0.2) is 66.1 Å². The second-order valence-corrected chi connectivity index (χ2v) is 6.86. The van der Waals surface area contributed by atoms with E-state index in [4.69, 9.17) is 17.3 Å². The van der Waals surface area contributed by atoms with Gasteiger partial charge in [-0.3, -0.25) is 0 Å². The van der Waals surface area contributed by atoms with Crippen molar-refractivity contribution in [3.63, 3.8) is 0 Å².